The first-order chi connectivity index (χ1) is 16.7. The maximum atomic E-state index is 11.4. The predicted molar refractivity (Wildman–Crippen MR) is 129 cm³/mol. The molecule has 2 aliphatic heterocycles. The van der Waals surface area contributed by atoms with E-state index in [0.717, 1.165) is 70.9 Å². The number of ether oxygens (including phenoxy) is 4. The molecule has 7 atom stereocenters. The van der Waals surface area contributed by atoms with E-state index in [-0.39, 0.29) is 36.6 Å². The molecule has 7 unspecified atom stereocenters. The number of aryl methyl sites for hydroxylation is 1. The minimum Gasteiger partial charge on any atom is -0.393 e. The normalized spacial score (nSPS) is 33.2. The predicted octanol–water partition coefficient (Wildman–Crippen LogP) is 4.59. The number of aliphatic hydroxyl groups is 1. The summed E-state index contributed by atoms with van der Waals surface area (Å²) in [6.45, 7) is 1.46. The fraction of sp³-hybridized carbons (Fsp3) is 0.679. The van der Waals surface area contributed by atoms with E-state index in [4.69, 9.17) is 18.9 Å². The zero-order chi connectivity index (χ0) is 23.6. The molecule has 6 nitrogen and oxygen atoms in total. The quantitative estimate of drug-likeness (QED) is 0.375. The van der Waals surface area contributed by atoms with Gasteiger partial charge in [-0.1, -0.05) is 42.5 Å². The van der Waals surface area contributed by atoms with Crippen LogP contribution in [0.25, 0.3) is 0 Å². The first-order valence-electron chi connectivity index (χ1n) is 13.1. The third-order valence-corrected chi connectivity index (χ3v) is 7.30. The first kappa shape index (κ1) is 25.5. The summed E-state index contributed by atoms with van der Waals surface area (Å²) < 4.78 is 24.3. The van der Waals surface area contributed by atoms with Gasteiger partial charge in [0.05, 0.1) is 18.3 Å². The van der Waals surface area contributed by atoms with Crippen LogP contribution in [0.15, 0.2) is 42.5 Å². The molecular weight excluding hydrogens is 432 g/mol. The Hall–Kier alpha value is -1.57. The molecule has 0 spiro atoms. The largest absolute Gasteiger partial charge is 0.393 e. The highest BCUT2D eigenvalue weighted by molar-refractivity contribution is 5.50. The van der Waals surface area contributed by atoms with E-state index in [1.54, 1.807) is 0 Å². The van der Waals surface area contributed by atoms with E-state index in [9.17, 15) is 9.90 Å². The maximum absolute atomic E-state index is 11.4. The Morgan fingerprint density at radius 2 is 1.76 bits per heavy atom. The van der Waals surface area contributed by atoms with Gasteiger partial charge in [-0.3, -0.25) is 0 Å². The van der Waals surface area contributed by atoms with Crippen LogP contribution in [0.2, 0.25) is 0 Å². The van der Waals surface area contributed by atoms with Crippen LogP contribution in [-0.2, 0) is 30.2 Å². The monoisotopic (exact) mass is 472 g/mol. The smallest absolute Gasteiger partial charge is 0.158 e. The summed E-state index contributed by atoms with van der Waals surface area (Å²) >= 11 is 0. The van der Waals surface area contributed by atoms with Crippen molar-refractivity contribution >= 4 is 6.29 Å². The highest BCUT2D eigenvalue weighted by Gasteiger charge is 2.43. The summed E-state index contributed by atoms with van der Waals surface area (Å²) in [5, 5.41) is 10.7. The van der Waals surface area contributed by atoms with Crippen LogP contribution in [0.5, 0.6) is 0 Å². The summed E-state index contributed by atoms with van der Waals surface area (Å²) in [5.74, 6) is -0.205. The molecule has 0 amide bonds. The second kappa shape index (κ2) is 13.5. The van der Waals surface area contributed by atoms with Gasteiger partial charge in [0, 0.05) is 37.9 Å². The molecule has 1 saturated carbocycles. The van der Waals surface area contributed by atoms with Crippen molar-refractivity contribution in [3.63, 3.8) is 0 Å². The standard InChI is InChI=1S/C28H40O6/c29-17-16-23-24(26(20-25(23)30)34-28-11-5-7-19-32-28)15-14-22(33-27-10-4-6-18-31-27)13-12-21-8-2-1-3-9-21/h1-3,8-9,14-15,17,22-28,30H,4-7,10-13,16,18-20H2. The number of rotatable bonds is 11. The van der Waals surface area contributed by atoms with Gasteiger partial charge in [0.15, 0.2) is 12.6 Å². The Balaban J connectivity index is 1.45. The third kappa shape index (κ3) is 7.46. The summed E-state index contributed by atoms with van der Waals surface area (Å²) in [4.78, 5) is 11.4. The van der Waals surface area contributed by atoms with Crippen LogP contribution >= 0.6 is 0 Å². The average molecular weight is 473 g/mol. The van der Waals surface area contributed by atoms with E-state index < -0.39 is 6.10 Å². The second-order valence-corrected chi connectivity index (χ2v) is 9.80. The Bertz CT molecular complexity index is 741. The van der Waals surface area contributed by atoms with E-state index in [0.29, 0.717) is 12.8 Å². The van der Waals surface area contributed by atoms with Crippen LogP contribution < -0.4 is 0 Å². The molecule has 1 aliphatic carbocycles. The van der Waals surface area contributed by atoms with Gasteiger partial charge in [0.1, 0.15) is 6.29 Å². The lowest BCUT2D eigenvalue weighted by Gasteiger charge is -2.29. The van der Waals surface area contributed by atoms with Gasteiger partial charge in [-0.2, -0.15) is 0 Å². The molecule has 0 radical (unpaired) electrons. The molecule has 34 heavy (non-hydrogen) atoms. The Labute approximate surface area is 203 Å². The SMILES string of the molecule is O=CCC1C(O)CC(OC2CCCCO2)C1C=CC(CCc1ccccc1)OC1CCCCO1. The lowest BCUT2D eigenvalue weighted by molar-refractivity contribution is -0.193. The summed E-state index contributed by atoms with van der Waals surface area (Å²) in [6, 6.07) is 10.4. The molecule has 0 aromatic heterocycles. The first-order valence-corrected chi connectivity index (χ1v) is 13.1. The van der Waals surface area contributed by atoms with Crippen molar-refractivity contribution in [3.05, 3.63) is 48.0 Å². The lowest BCUT2D eigenvalue weighted by atomic mass is 9.90. The zero-order valence-electron chi connectivity index (χ0n) is 20.1. The highest BCUT2D eigenvalue weighted by atomic mass is 16.7. The van der Waals surface area contributed by atoms with Crippen LogP contribution in [0.3, 0.4) is 0 Å². The third-order valence-electron chi connectivity index (χ3n) is 7.30. The molecule has 2 saturated heterocycles. The number of carbonyl (C=O) groups excluding carboxylic acids is 1. The van der Waals surface area contributed by atoms with Gasteiger partial charge < -0.3 is 28.8 Å². The lowest BCUT2D eigenvalue weighted by Crippen LogP contribution is -2.31. The van der Waals surface area contributed by atoms with Crippen molar-refractivity contribution in [3.8, 4) is 0 Å². The molecule has 0 bridgehead atoms. The van der Waals surface area contributed by atoms with E-state index in [1.807, 2.05) is 6.07 Å². The number of aliphatic hydroxyl groups excluding tert-OH is 1. The summed E-state index contributed by atoms with van der Waals surface area (Å²) in [5.41, 5.74) is 1.28. The van der Waals surface area contributed by atoms with Crippen molar-refractivity contribution in [1.82, 2.24) is 0 Å². The van der Waals surface area contributed by atoms with Crippen molar-refractivity contribution in [1.29, 1.82) is 0 Å². The van der Waals surface area contributed by atoms with Crippen molar-refractivity contribution in [2.45, 2.75) is 95.1 Å². The van der Waals surface area contributed by atoms with Crippen LogP contribution in [0.4, 0.5) is 0 Å². The zero-order valence-corrected chi connectivity index (χ0v) is 20.1. The fourth-order valence-electron chi connectivity index (χ4n) is 5.38. The van der Waals surface area contributed by atoms with Gasteiger partial charge in [-0.25, -0.2) is 0 Å². The number of hydrogen-bond donors (Lipinski definition) is 1. The summed E-state index contributed by atoms with van der Waals surface area (Å²) in [6.07, 6.45) is 12.6. The van der Waals surface area contributed by atoms with Crippen molar-refractivity contribution in [2.24, 2.45) is 11.8 Å². The molecule has 3 aliphatic rings. The molecule has 188 valence electrons. The molecule has 1 aromatic rings. The Morgan fingerprint density at radius 1 is 1.03 bits per heavy atom. The van der Waals surface area contributed by atoms with Gasteiger partial charge in [0.2, 0.25) is 0 Å². The van der Waals surface area contributed by atoms with Crippen LogP contribution in [0.1, 0.15) is 63.4 Å². The molecular formula is C28H40O6. The molecule has 6 heteroatoms. The topological polar surface area (TPSA) is 74.2 Å². The molecule has 1 aromatic carbocycles. The van der Waals surface area contributed by atoms with Crippen LogP contribution in [0, 0.1) is 11.8 Å². The van der Waals surface area contributed by atoms with Crippen LogP contribution in [-0.4, -0.2) is 55.5 Å². The second-order valence-electron chi connectivity index (χ2n) is 9.80. The fourth-order valence-corrected chi connectivity index (χ4v) is 5.38. The van der Waals surface area contributed by atoms with Crippen molar-refractivity contribution in [2.75, 3.05) is 13.2 Å². The summed E-state index contributed by atoms with van der Waals surface area (Å²) in [7, 11) is 0. The molecule has 1 N–H and O–H groups in total. The maximum Gasteiger partial charge on any atom is 0.158 e. The number of aldehydes is 1. The van der Waals surface area contributed by atoms with E-state index >= 15 is 0 Å². The Morgan fingerprint density at radius 3 is 2.44 bits per heavy atom. The van der Waals surface area contributed by atoms with Gasteiger partial charge in [-0.15, -0.1) is 0 Å². The van der Waals surface area contributed by atoms with E-state index in [2.05, 4.69) is 36.4 Å². The van der Waals surface area contributed by atoms with E-state index in [1.165, 1.54) is 5.56 Å². The molecule has 4 rings (SSSR count). The minimum atomic E-state index is -0.557. The number of hydrogen-bond acceptors (Lipinski definition) is 6. The van der Waals surface area contributed by atoms with Gasteiger partial charge >= 0.3 is 0 Å². The minimum absolute atomic E-state index is 0.0548. The van der Waals surface area contributed by atoms with Gasteiger partial charge in [0.25, 0.3) is 0 Å². The molecule has 3 fully saturated rings. The van der Waals surface area contributed by atoms with Gasteiger partial charge in [-0.05, 0) is 56.9 Å². The highest BCUT2D eigenvalue weighted by Crippen LogP contribution is 2.39. The number of benzene rings is 1. The average Bonchev–Trinajstić information content (AvgIpc) is 3.16. The Kier molecular flexibility index (Phi) is 10.1. The molecule has 2 heterocycles. The van der Waals surface area contributed by atoms with Crippen molar-refractivity contribution < 1.29 is 28.8 Å². The number of carbonyl (C=O) groups is 1.